The van der Waals surface area contributed by atoms with Crippen molar-refractivity contribution < 1.29 is 4.74 Å². The predicted molar refractivity (Wildman–Crippen MR) is 62.4 cm³/mol. The Labute approximate surface area is 94.1 Å². The minimum absolute atomic E-state index is 0.398. The Bertz CT molecular complexity index is 491. The molecule has 0 unspecified atom stereocenters. The lowest BCUT2D eigenvalue weighted by Gasteiger charge is -2.06. The molecule has 4 nitrogen and oxygen atoms in total. The van der Waals surface area contributed by atoms with E-state index in [1.807, 2.05) is 26.0 Å². The van der Waals surface area contributed by atoms with Crippen LogP contribution in [0, 0.1) is 13.8 Å². The summed E-state index contributed by atoms with van der Waals surface area (Å²) in [7, 11) is 0. The monoisotopic (exact) mass is 215 g/mol. The van der Waals surface area contributed by atoms with Crippen molar-refractivity contribution in [3.63, 3.8) is 0 Å². The van der Waals surface area contributed by atoms with E-state index in [9.17, 15) is 0 Å². The first-order chi connectivity index (χ1) is 7.63. The zero-order chi connectivity index (χ0) is 11.5. The maximum absolute atomic E-state index is 5.59. The lowest BCUT2D eigenvalue weighted by molar-refractivity contribution is 0.461. The molecule has 2 N–H and O–H groups in total. The lowest BCUT2D eigenvalue weighted by Crippen LogP contribution is -1.94. The number of nitrogens with two attached hydrogens (primary N) is 1. The van der Waals surface area contributed by atoms with Crippen molar-refractivity contribution in [2.75, 3.05) is 5.73 Å². The molecule has 0 aliphatic heterocycles. The average Bonchev–Trinajstić information content (AvgIpc) is 2.15. The van der Waals surface area contributed by atoms with Gasteiger partial charge in [-0.25, -0.2) is 9.97 Å². The molecule has 0 spiro atoms. The van der Waals surface area contributed by atoms with Crippen LogP contribution in [0.5, 0.6) is 11.6 Å². The first-order valence-electron chi connectivity index (χ1n) is 4.97. The minimum atomic E-state index is 0.398. The van der Waals surface area contributed by atoms with Crippen LogP contribution in [-0.2, 0) is 0 Å². The maximum atomic E-state index is 5.59. The topological polar surface area (TPSA) is 61.0 Å². The smallest absolute Gasteiger partial charge is 0.224 e. The van der Waals surface area contributed by atoms with Crippen molar-refractivity contribution in [2.24, 2.45) is 0 Å². The molecular formula is C12H13N3O. The molecule has 0 aliphatic carbocycles. The van der Waals surface area contributed by atoms with Crippen LogP contribution in [0.2, 0.25) is 0 Å². The molecule has 2 rings (SSSR count). The Morgan fingerprint density at radius 3 is 2.31 bits per heavy atom. The van der Waals surface area contributed by atoms with Crippen LogP contribution in [0.3, 0.4) is 0 Å². The molecule has 0 saturated carbocycles. The van der Waals surface area contributed by atoms with Gasteiger partial charge in [-0.2, -0.15) is 0 Å². The number of anilines is 1. The van der Waals surface area contributed by atoms with Crippen LogP contribution >= 0.6 is 0 Å². The minimum Gasteiger partial charge on any atom is -0.439 e. The van der Waals surface area contributed by atoms with E-state index >= 15 is 0 Å². The second kappa shape index (κ2) is 4.18. The second-order valence-corrected chi connectivity index (χ2v) is 3.71. The van der Waals surface area contributed by atoms with E-state index in [1.54, 1.807) is 6.07 Å². The number of hydrogen-bond acceptors (Lipinski definition) is 4. The van der Waals surface area contributed by atoms with Crippen LogP contribution in [0.25, 0.3) is 0 Å². The van der Waals surface area contributed by atoms with Crippen molar-refractivity contribution >= 4 is 5.82 Å². The fourth-order valence-electron chi connectivity index (χ4n) is 1.52. The van der Waals surface area contributed by atoms with Crippen LogP contribution < -0.4 is 10.5 Å². The van der Waals surface area contributed by atoms with Crippen LogP contribution in [0.15, 0.2) is 30.6 Å². The van der Waals surface area contributed by atoms with Gasteiger partial charge in [0, 0.05) is 6.07 Å². The summed E-state index contributed by atoms with van der Waals surface area (Å²) in [6.07, 6.45) is 1.38. The summed E-state index contributed by atoms with van der Waals surface area (Å²) in [5.41, 5.74) is 7.84. The van der Waals surface area contributed by atoms with Gasteiger partial charge < -0.3 is 10.5 Å². The fourth-order valence-corrected chi connectivity index (χ4v) is 1.52. The highest BCUT2D eigenvalue weighted by atomic mass is 16.5. The number of hydrogen-bond donors (Lipinski definition) is 1. The zero-order valence-corrected chi connectivity index (χ0v) is 9.27. The van der Waals surface area contributed by atoms with Gasteiger partial charge in [0.25, 0.3) is 0 Å². The number of rotatable bonds is 2. The average molecular weight is 215 g/mol. The highest BCUT2D eigenvalue weighted by Gasteiger charge is 2.01. The van der Waals surface area contributed by atoms with Crippen LogP contribution in [0.4, 0.5) is 5.82 Å². The summed E-state index contributed by atoms with van der Waals surface area (Å²) in [5.74, 6) is 1.61. The quantitative estimate of drug-likeness (QED) is 0.835. The summed E-state index contributed by atoms with van der Waals surface area (Å²) < 4.78 is 5.59. The van der Waals surface area contributed by atoms with Crippen molar-refractivity contribution in [1.29, 1.82) is 0 Å². The third kappa shape index (κ3) is 2.48. The standard InChI is InChI=1S/C12H13N3O/c1-8-3-9(2)5-10(4-8)16-12-6-11(13)14-7-15-12/h3-7H,1-2H3,(H2,13,14,15). The first-order valence-corrected chi connectivity index (χ1v) is 4.97. The third-order valence-corrected chi connectivity index (χ3v) is 2.08. The van der Waals surface area contributed by atoms with Crippen molar-refractivity contribution in [3.05, 3.63) is 41.7 Å². The molecule has 82 valence electrons. The van der Waals surface area contributed by atoms with E-state index < -0.39 is 0 Å². The number of nitrogen functional groups attached to an aromatic ring is 1. The van der Waals surface area contributed by atoms with Gasteiger partial charge in [0.15, 0.2) is 0 Å². The first kappa shape index (κ1) is 10.4. The van der Waals surface area contributed by atoms with Gasteiger partial charge in [0.1, 0.15) is 17.9 Å². The summed E-state index contributed by atoms with van der Waals surface area (Å²) >= 11 is 0. The van der Waals surface area contributed by atoms with E-state index in [1.165, 1.54) is 6.33 Å². The van der Waals surface area contributed by atoms with Gasteiger partial charge in [-0.15, -0.1) is 0 Å². The molecule has 1 aromatic heterocycles. The van der Waals surface area contributed by atoms with Crippen molar-refractivity contribution in [1.82, 2.24) is 9.97 Å². The summed E-state index contributed by atoms with van der Waals surface area (Å²) in [6.45, 7) is 4.04. The van der Waals surface area contributed by atoms with Gasteiger partial charge in [-0.1, -0.05) is 6.07 Å². The van der Waals surface area contributed by atoms with Crippen LogP contribution in [0.1, 0.15) is 11.1 Å². The number of nitrogens with zero attached hydrogens (tertiary/aromatic N) is 2. The molecule has 2 aromatic rings. The van der Waals surface area contributed by atoms with E-state index in [4.69, 9.17) is 10.5 Å². The van der Waals surface area contributed by atoms with E-state index in [2.05, 4.69) is 16.0 Å². The molecule has 1 aromatic carbocycles. The molecular weight excluding hydrogens is 202 g/mol. The Morgan fingerprint density at radius 1 is 1.00 bits per heavy atom. The summed E-state index contributed by atoms with van der Waals surface area (Å²) in [6, 6.07) is 7.58. The van der Waals surface area contributed by atoms with Gasteiger partial charge in [-0.3, -0.25) is 0 Å². The Balaban J connectivity index is 2.27. The third-order valence-electron chi connectivity index (χ3n) is 2.08. The van der Waals surface area contributed by atoms with Crippen molar-refractivity contribution in [3.8, 4) is 11.6 Å². The molecule has 0 bridgehead atoms. The van der Waals surface area contributed by atoms with E-state index in [0.29, 0.717) is 11.7 Å². The molecule has 0 amide bonds. The number of benzene rings is 1. The number of aryl methyl sites for hydroxylation is 2. The SMILES string of the molecule is Cc1cc(C)cc(Oc2cc(N)ncn2)c1. The molecule has 0 saturated heterocycles. The Kier molecular flexibility index (Phi) is 2.72. The molecule has 0 atom stereocenters. The largest absolute Gasteiger partial charge is 0.439 e. The van der Waals surface area contributed by atoms with Gasteiger partial charge in [0.2, 0.25) is 5.88 Å². The molecule has 16 heavy (non-hydrogen) atoms. The number of aromatic nitrogens is 2. The van der Waals surface area contributed by atoms with Gasteiger partial charge in [-0.05, 0) is 37.1 Å². The van der Waals surface area contributed by atoms with Gasteiger partial charge >= 0.3 is 0 Å². The molecule has 1 heterocycles. The molecule has 0 aliphatic rings. The van der Waals surface area contributed by atoms with E-state index in [0.717, 1.165) is 16.9 Å². The highest BCUT2D eigenvalue weighted by Crippen LogP contribution is 2.22. The molecule has 0 fully saturated rings. The molecule has 0 radical (unpaired) electrons. The predicted octanol–water partition coefficient (Wildman–Crippen LogP) is 2.47. The molecule has 4 heteroatoms. The Morgan fingerprint density at radius 2 is 1.69 bits per heavy atom. The fraction of sp³-hybridized carbons (Fsp3) is 0.167. The Hall–Kier alpha value is -2.10. The highest BCUT2D eigenvalue weighted by molar-refractivity contribution is 5.37. The summed E-state index contributed by atoms with van der Waals surface area (Å²) in [5, 5.41) is 0. The normalized spacial score (nSPS) is 10.1. The van der Waals surface area contributed by atoms with E-state index in [-0.39, 0.29) is 0 Å². The lowest BCUT2D eigenvalue weighted by atomic mass is 10.1. The zero-order valence-electron chi connectivity index (χ0n) is 9.27. The van der Waals surface area contributed by atoms with Gasteiger partial charge in [0.05, 0.1) is 0 Å². The van der Waals surface area contributed by atoms with Crippen molar-refractivity contribution in [2.45, 2.75) is 13.8 Å². The summed E-state index contributed by atoms with van der Waals surface area (Å²) in [4.78, 5) is 7.78. The second-order valence-electron chi connectivity index (χ2n) is 3.71. The maximum Gasteiger partial charge on any atom is 0.224 e. The number of ether oxygens (including phenoxy) is 1. The van der Waals surface area contributed by atoms with Crippen LogP contribution in [-0.4, -0.2) is 9.97 Å².